The van der Waals surface area contributed by atoms with Gasteiger partial charge >= 0.3 is 11.9 Å². The van der Waals surface area contributed by atoms with E-state index in [9.17, 15) is 9.59 Å². The number of carbonyl (C=O) groups excluding carboxylic acids is 2. The van der Waals surface area contributed by atoms with Crippen LogP contribution in [0.15, 0.2) is 66.2 Å². The van der Waals surface area contributed by atoms with Crippen LogP contribution in [0.3, 0.4) is 0 Å². The molecule has 0 aromatic heterocycles. The van der Waals surface area contributed by atoms with Crippen molar-refractivity contribution in [3.8, 4) is 11.5 Å². The van der Waals surface area contributed by atoms with E-state index in [2.05, 4.69) is 0 Å². The second kappa shape index (κ2) is 6.96. The summed E-state index contributed by atoms with van der Waals surface area (Å²) in [6.07, 6.45) is 1.74. The summed E-state index contributed by atoms with van der Waals surface area (Å²) in [5, 5.41) is 1.71. The van der Waals surface area contributed by atoms with Gasteiger partial charge < -0.3 is 14.2 Å². The lowest BCUT2D eigenvalue weighted by atomic mass is 10.1. The van der Waals surface area contributed by atoms with Crippen LogP contribution in [0.2, 0.25) is 0 Å². The average Bonchev–Trinajstić information content (AvgIpc) is 2.72. The van der Waals surface area contributed by atoms with Crippen molar-refractivity contribution in [1.82, 2.24) is 0 Å². The van der Waals surface area contributed by atoms with E-state index in [1.165, 1.54) is 7.11 Å². The van der Waals surface area contributed by atoms with Crippen LogP contribution in [-0.4, -0.2) is 25.7 Å². The Hall–Kier alpha value is -3.60. The molecule has 0 aliphatic carbocycles. The molecule has 0 saturated carbocycles. The molecule has 0 N–H and O–H groups in total. The molecule has 5 heteroatoms. The van der Waals surface area contributed by atoms with Crippen molar-refractivity contribution in [2.75, 3.05) is 13.7 Å². The van der Waals surface area contributed by atoms with Gasteiger partial charge in [-0.15, -0.1) is 0 Å². The predicted octanol–water partition coefficient (Wildman–Crippen LogP) is 4.01. The first kappa shape index (κ1) is 16.8. The fourth-order valence-electron chi connectivity index (χ4n) is 2.97. The summed E-state index contributed by atoms with van der Waals surface area (Å²) in [5.74, 6) is -0.256. The zero-order chi connectivity index (χ0) is 18.8. The van der Waals surface area contributed by atoms with Gasteiger partial charge in [0, 0.05) is 5.56 Å². The Bertz CT molecular complexity index is 1080. The first-order valence-electron chi connectivity index (χ1n) is 8.41. The highest BCUT2D eigenvalue weighted by molar-refractivity contribution is 6.02. The molecule has 3 aromatic carbocycles. The molecule has 0 atom stereocenters. The lowest BCUT2D eigenvalue weighted by Crippen LogP contribution is -2.20. The van der Waals surface area contributed by atoms with Crippen LogP contribution >= 0.6 is 0 Å². The van der Waals surface area contributed by atoms with Crippen LogP contribution in [0, 0.1) is 0 Å². The van der Waals surface area contributed by atoms with Gasteiger partial charge in [0.2, 0.25) is 0 Å². The monoisotopic (exact) mass is 360 g/mol. The molecule has 1 heterocycles. The Balaban J connectivity index is 1.69. The highest BCUT2D eigenvalue weighted by Gasteiger charge is 2.22. The van der Waals surface area contributed by atoms with E-state index >= 15 is 0 Å². The second-order valence-electron chi connectivity index (χ2n) is 6.07. The van der Waals surface area contributed by atoms with E-state index in [4.69, 9.17) is 14.2 Å². The summed E-state index contributed by atoms with van der Waals surface area (Å²) in [6, 6.07) is 18.3. The van der Waals surface area contributed by atoms with E-state index in [0.29, 0.717) is 5.57 Å². The molecular weight excluding hydrogens is 344 g/mol. The van der Waals surface area contributed by atoms with Crippen molar-refractivity contribution < 1.29 is 23.8 Å². The summed E-state index contributed by atoms with van der Waals surface area (Å²) in [4.78, 5) is 24.8. The number of esters is 2. The van der Waals surface area contributed by atoms with Gasteiger partial charge in [0.25, 0.3) is 0 Å². The Labute approximate surface area is 155 Å². The minimum Gasteiger partial charge on any atom is -0.488 e. The molecule has 5 nitrogen and oxygen atoms in total. The quantitative estimate of drug-likeness (QED) is 0.522. The van der Waals surface area contributed by atoms with E-state index < -0.39 is 11.9 Å². The van der Waals surface area contributed by atoms with Gasteiger partial charge in [0.05, 0.1) is 12.7 Å². The number of benzene rings is 3. The van der Waals surface area contributed by atoms with Gasteiger partial charge in [0.1, 0.15) is 23.7 Å². The number of fused-ring (bicyclic) bond motifs is 2. The molecule has 0 radical (unpaired) electrons. The standard InChI is InChI=1S/C22H16O5/c1-25-22(24)18-11-14-6-2-3-7-15(14)12-20(18)27-21(23)17-10-16-8-4-5-9-19(16)26-13-17/h2-12H,13H2,1H3. The molecular formula is C22H16O5. The van der Waals surface area contributed by atoms with E-state index in [1.54, 1.807) is 18.2 Å². The third-order valence-corrected chi connectivity index (χ3v) is 4.35. The molecule has 1 aliphatic rings. The number of hydrogen-bond donors (Lipinski definition) is 0. The van der Waals surface area contributed by atoms with Crippen LogP contribution in [0.4, 0.5) is 0 Å². The maximum Gasteiger partial charge on any atom is 0.342 e. The topological polar surface area (TPSA) is 61.8 Å². The largest absolute Gasteiger partial charge is 0.488 e. The maximum absolute atomic E-state index is 12.7. The fourth-order valence-corrected chi connectivity index (χ4v) is 2.97. The van der Waals surface area contributed by atoms with Gasteiger partial charge in [-0.1, -0.05) is 42.5 Å². The molecule has 0 amide bonds. The van der Waals surface area contributed by atoms with Crippen LogP contribution in [-0.2, 0) is 9.53 Å². The number of carbonyl (C=O) groups is 2. The molecule has 0 spiro atoms. The Morgan fingerprint density at radius 3 is 2.41 bits per heavy atom. The zero-order valence-corrected chi connectivity index (χ0v) is 14.6. The number of methoxy groups -OCH3 is 1. The predicted molar refractivity (Wildman–Crippen MR) is 101 cm³/mol. The smallest absolute Gasteiger partial charge is 0.342 e. The van der Waals surface area contributed by atoms with Crippen molar-refractivity contribution in [3.05, 3.63) is 77.4 Å². The number of para-hydroxylation sites is 1. The molecule has 0 bridgehead atoms. The average molecular weight is 360 g/mol. The molecule has 0 unspecified atom stereocenters. The van der Waals surface area contributed by atoms with Crippen LogP contribution in [0.5, 0.6) is 11.5 Å². The Kier molecular flexibility index (Phi) is 4.34. The summed E-state index contributed by atoms with van der Waals surface area (Å²) >= 11 is 0. The van der Waals surface area contributed by atoms with Crippen LogP contribution in [0.1, 0.15) is 15.9 Å². The summed E-state index contributed by atoms with van der Waals surface area (Å²) < 4.78 is 16.0. The van der Waals surface area contributed by atoms with Gasteiger partial charge in [-0.2, -0.15) is 0 Å². The normalized spacial score (nSPS) is 12.6. The van der Waals surface area contributed by atoms with E-state index in [0.717, 1.165) is 22.1 Å². The molecule has 4 rings (SSSR count). The first-order valence-corrected chi connectivity index (χ1v) is 8.41. The Morgan fingerprint density at radius 1 is 0.926 bits per heavy atom. The molecule has 1 aliphatic heterocycles. The molecule has 134 valence electrons. The molecule has 0 fully saturated rings. The molecule has 3 aromatic rings. The lowest BCUT2D eigenvalue weighted by molar-refractivity contribution is -0.130. The van der Waals surface area contributed by atoms with Gasteiger partial charge in [-0.25, -0.2) is 9.59 Å². The van der Waals surface area contributed by atoms with Crippen molar-refractivity contribution in [2.24, 2.45) is 0 Å². The van der Waals surface area contributed by atoms with E-state index in [1.807, 2.05) is 48.5 Å². The van der Waals surface area contributed by atoms with Crippen LogP contribution < -0.4 is 9.47 Å². The molecule has 27 heavy (non-hydrogen) atoms. The summed E-state index contributed by atoms with van der Waals surface area (Å²) in [5.41, 5.74) is 1.38. The third kappa shape index (κ3) is 3.27. The first-order chi connectivity index (χ1) is 13.2. The highest BCUT2D eigenvalue weighted by atomic mass is 16.5. The van der Waals surface area contributed by atoms with Crippen molar-refractivity contribution in [3.63, 3.8) is 0 Å². The number of rotatable bonds is 3. The van der Waals surface area contributed by atoms with Crippen molar-refractivity contribution in [2.45, 2.75) is 0 Å². The van der Waals surface area contributed by atoms with Crippen molar-refractivity contribution in [1.29, 1.82) is 0 Å². The number of hydrogen-bond acceptors (Lipinski definition) is 5. The molecule has 0 saturated heterocycles. The number of ether oxygens (including phenoxy) is 3. The second-order valence-corrected chi connectivity index (χ2v) is 6.07. The minimum absolute atomic E-state index is 0.108. The fraction of sp³-hybridized carbons (Fsp3) is 0.0909. The highest BCUT2D eigenvalue weighted by Crippen LogP contribution is 2.30. The Morgan fingerprint density at radius 2 is 1.63 bits per heavy atom. The maximum atomic E-state index is 12.7. The van der Waals surface area contributed by atoms with Gasteiger partial charge in [0.15, 0.2) is 0 Å². The minimum atomic E-state index is -0.567. The lowest BCUT2D eigenvalue weighted by Gasteiger charge is -2.17. The van der Waals surface area contributed by atoms with Gasteiger partial charge in [-0.3, -0.25) is 0 Å². The van der Waals surface area contributed by atoms with Crippen molar-refractivity contribution >= 4 is 28.8 Å². The third-order valence-electron chi connectivity index (χ3n) is 4.35. The summed E-state index contributed by atoms with van der Waals surface area (Å²) in [7, 11) is 1.29. The summed E-state index contributed by atoms with van der Waals surface area (Å²) in [6.45, 7) is 0.108. The SMILES string of the molecule is COC(=O)c1cc2ccccc2cc1OC(=O)C1=Cc2ccccc2OC1. The zero-order valence-electron chi connectivity index (χ0n) is 14.6. The van der Waals surface area contributed by atoms with E-state index in [-0.39, 0.29) is 17.9 Å². The van der Waals surface area contributed by atoms with Gasteiger partial charge in [-0.05, 0) is 35.0 Å². The van der Waals surface area contributed by atoms with Crippen LogP contribution in [0.25, 0.3) is 16.8 Å².